The van der Waals surface area contributed by atoms with Gasteiger partial charge in [0.2, 0.25) is 0 Å². The molecule has 5 rings (SSSR count). The van der Waals surface area contributed by atoms with E-state index in [2.05, 4.69) is 34.5 Å². The van der Waals surface area contributed by atoms with Crippen molar-refractivity contribution in [3.63, 3.8) is 0 Å². The van der Waals surface area contributed by atoms with Gasteiger partial charge in [0.1, 0.15) is 0 Å². The van der Waals surface area contributed by atoms with Crippen LogP contribution in [0.5, 0.6) is 0 Å². The Kier molecular flexibility index (Phi) is 4.88. The molecule has 1 aromatic rings. The van der Waals surface area contributed by atoms with Crippen molar-refractivity contribution in [1.29, 1.82) is 0 Å². The van der Waals surface area contributed by atoms with E-state index < -0.39 is 0 Å². The summed E-state index contributed by atoms with van der Waals surface area (Å²) < 4.78 is 0. The zero-order valence-electron chi connectivity index (χ0n) is 12.8. The second kappa shape index (κ2) is 6.68. The molecule has 1 N–H and O–H groups in total. The van der Waals surface area contributed by atoms with Gasteiger partial charge in [0.05, 0.1) is 0 Å². The minimum absolute atomic E-state index is 0. The molecule has 2 nitrogen and oxygen atoms in total. The molecule has 1 aliphatic carbocycles. The van der Waals surface area contributed by atoms with Crippen LogP contribution in [0.15, 0.2) is 24.3 Å². The summed E-state index contributed by atoms with van der Waals surface area (Å²) in [5, 5.41) is 3.92. The van der Waals surface area contributed by atoms with E-state index in [0.29, 0.717) is 0 Å². The lowest BCUT2D eigenvalue weighted by molar-refractivity contribution is 0.0718. The Morgan fingerprint density at radius 3 is 2.67 bits per heavy atom. The van der Waals surface area contributed by atoms with Crippen molar-refractivity contribution in [1.82, 2.24) is 10.2 Å². The predicted octanol–water partition coefficient (Wildman–Crippen LogP) is 3.21. The van der Waals surface area contributed by atoms with Gasteiger partial charge in [-0.25, -0.2) is 0 Å². The monoisotopic (exact) mass is 306 g/mol. The highest BCUT2D eigenvalue weighted by atomic mass is 35.5. The lowest BCUT2D eigenvalue weighted by atomic mass is 9.81. The molecule has 3 fully saturated rings. The molecule has 3 heteroatoms. The van der Waals surface area contributed by atoms with Crippen LogP contribution in [0, 0.1) is 5.92 Å². The van der Waals surface area contributed by atoms with Crippen molar-refractivity contribution >= 4 is 12.4 Å². The molecule has 3 heterocycles. The lowest BCUT2D eigenvalue weighted by Crippen LogP contribution is -2.56. The number of aryl methyl sites for hydroxylation is 1. The van der Waals surface area contributed by atoms with Crippen molar-refractivity contribution < 1.29 is 0 Å². The zero-order valence-corrected chi connectivity index (χ0v) is 13.6. The molecule has 21 heavy (non-hydrogen) atoms. The van der Waals surface area contributed by atoms with E-state index in [9.17, 15) is 0 Å². The van der Waals surface area contributed by atoms with E-state index in [1.165, 1.54) is 58.3 Å². The molecular formula is C18H27ClN2. The van der Waals surface area contributed by atoms with Gasteiger partial charge >= 0.3 is 0 Å². The third kappa shape index (κ3) is 3.13. The van der Waals surface area contributed by atoms with Gasteiger partial charge in [-0.15, -0.1) is 12.4 Å². The smallest absolute Gasteiger partial charge is 0.0224 e. The Morgan fingerprint density at radius 2 is 1.90 bits per heavy atom. The molecule has 0 amide bonds. The van der Waals surface area contributed by atoms with E-state index in [1.54, 1.807) is 11.1 Å². The summed E-state index contributed by atoms with van der Waals surface area (Å²) in [4.78, 5) is 2.65. The predicted molar refractivity (Wildman–Crippen MR) is 90.3 cm³/mol. The van der Waals surface area contributed by atoms with Crippen LogP contribution in [0.1, 0.15) is 42.7 Å². The van der Waals surface area contributed by atoms with Gasteiger partial charge in [-0.1, -0.05) is 24.3 Å². The standard InChI is InChI=1S/C18H26N2.ClH/c1-2-7-17-14(4-1)5-3-6-16(17)12-19-18-13-20-10-8-15(18)9-11-20;/h1-2,4,7,15-16,18-19H,3,5-6,8-13H2;1H. The van der Waals surface area contributed by atoms with Crippen molar-refractivity contribution in [2.75, 3.05) is 26.2 Å². The molecule has 0 spiro atoms. The number of halogens is 1. The fourth-order valence-corrected chi connectivity index (χ4v) is 4.56. The first-order valence-corrected chi connectivity index (χ1v) is 8.44. The van der Waals surface area contributed by atoms with Crippen LogP contribution in [0.2, 0.25) is 0 Å². The SMILES string of the molecule is Cl.c1ccc2c(c1)CCCC2CNC1CN2CCC1CC2. The van der Waals surface area contributed by atoms with Crippen molar-refractivity contribution in [2.24, 2.45) is 5.92 Å². The van der Waals surface area contributed by atoms with Gasteiger partial charge in [-0.3, -0.25) is 0 Å². The summed E-state index contributed by atoms with van der Waals surface area (Å²) in [6, 6.07) is 9.85. The maximum atomic E-state index is 3.92. The van der Waals surface area contributed by atoms with Gasteiger partial charge < -0.3 is 10.2 Å². The Bertz CT molecular complexity index is 468. The molecule has 2 atom stereocenters. The average Bonchev–Trinajstić information content (AvgIpc) is 2.54. The number of fused-ring (bicyclic) bond motifs is 4. The van der Waals surface area contributed by atoms with Crippen LogP contribution < -0.4 is 5.32 Å². The third-order valence-corrected chi connectivity index (χ3v) is 5.78. The van der Waals surface area contributed by atoms with Gasteiger partial charge in [0, 0.05) is 19.1 Å². The first-order chi connectivity index (χ1) is 9.90. The van der Waals surface area contributed by atoms with E-state index in [1.807, 2.05) is 0 Å². The maximum absolute atomic E-state index is 3.92. The molecule has 2 unspecified atom stereocenters. The average molecular weight is 307 g/mol. The Labute approximate surface area is 134 Å². The fourth-order valence-electron chi connectivity index (χ4n) is 4.56. The third-order valence-electron chi connectivity index (χ3n) is 5.78. The Hall–Kier alpha value is -0.570. The van der Waals surface area contributed by atoms with E-state index in [0.717, 1.165) is 17.9 Å². The summed E-state index contributed by atoms with van der Waals surface area (Å²) in [5.74, 6) is 1.69. The van der Waals surface area contributed by atoms with E-state index in [-0.39, 0.29) is 12.4 Å². The highest BCUT2D eigenvalue weighted by Gasteiger charge is 2.34. The minimum atomic E-state index is 0. The second-order valence-electron chi connectivity index (χ2n) is 6.94. The summed E-state index contributed by atoms with van der Waals surface area (Å²) in [6.45, 7) is 5.16. The molecule has 0 radical (unpaired) electrons. The number of rotatable bonds is 3. The molecule has 2 bridgehead atoms. The van der Waals surface area contributed by atoms with Crippen LogP contribution >= 0.6 is 12.4 Å². The van der Waals surface area contributed by atoms with Crippen LogP contribution in [-0.4, -0.2) is 37.1 Å². The van der Waals surface area contributed by atoms with Gasteiger partial charge in [-0.2, -0.15) is 0 Å². The Balaban J connectivity index is 0.00000132. The number of hydrogen-bond donors (Lipinski definition) is 1. The topological polar surface area (TPSA) is 15.3 Å². The normalized spacial score (nSPS) is 34.1. The van der Waals surface area contributed by atoms with Crippen LogP contribution in [0.25, 0.3) is 0 Å². The highest BCUT2D eigenvalue weighted by molar-refractivity contribution is 5.85. The molecule has 0 aromatic heterocycles. The molecular weight excluding hydrogens is 280 g/mol. The molecule has 116 valence electrons. The van der Waals surface area contributed by atoms with Crippen molar-refractivity contribution in [3.8, 4) is 0 Å². The first-order valence-electron chi connectivity index (χ1n) is 8.44. The van der Waals surface area contributed by atoms with Crippen molar-refractivity contribution in [2.45, 2.75) is 44.1 Å². The number of benzene rings is 1. The fraction of sp³-hybridized carbons (Fsp3) is 0.667. The number of hydrogen-bond acceptors (Lipinski definition) is 2. The summed E-state index contributed by atoms with van der Waals surface area (Å²) in [7, 11) is 0. The molecule has 1 aromatic carbocycles. The number of nitrogens with one attached hydrogen (secondary N) is 1. The second-order valence-corrected chi connectivity index (χ2v) is 6.94. The molecule has 3 saturated heterocycles. The van der Waals surface area contributed by atoms with Gasteiger partial charge in [0.25, 0.3) is 0 Å². The van der Waals surface area contributed by atoms with Crippen LogP contribution in [0.3, 0.4) is 0 Å². The largest absolute Gasteiger partial charge is 0.312 e. The Morgan fingerprint density at radius 1 is 1.10 bits per heavy atom. The summed E-state index contributed by atoms with van der Waals surface area (Å²) >= 11 is 0. The van der Waals surface area contributed by atoms with Crippen LogP contribution in [-0.2, 0) is 6.42 Å². The molecule has 0 saturated carbocycles. The highest BCUT2D eigenvalue weighted by Crippen LogP contribution is 2.32. The van der Waals surface area contributed by atoms with Gasteiger partial charge in [-0.05, 0) is 68.2 Å². The number of piperidine rings is 3. The summed E-state index contributed by atoms with van der Waals surface area (Å²) in [6.07, 6.45) is 6.85. The van der Waals surface area contributed by atoms with Crippen LogP contribution in [0.4, 0.5) is 0 Å². The quantitative estimate of drug-likeness (QED) is 0.922. The lowest BCUT2D eigenvalue weighted by Gasteiger charge is -2.45. The number of nitrogens with zero attached hydrogens (tertiary/aromatic N) is 1. The zero-order chi connectivity index (χ0) is 13.4. The molecule has 4 aliphatic rings. The first kappa shape index (κ1) is 15.3. The van der Waals surface area contributed by atoms with Gasteiger partial charge in [0.15, 0.2) is 0 Å². The van der Waals surface area contributed by atoms with E-state index >= 15 is 0 Å². The summed E-state index contributed by atoms with van der Waals surface area (Å²) in [5.41, 5.74) is 3.21. The molecule has 3 aliphatic heterocycles. The maximum Gasteiger partial charge on any atom is 0.0224 e. The van der Waals surface area contributed by atoms with Crippen molar-refractivity contribution in [3.05, 3.63) is 35.4 Å². The minimum Gasteiger partial charge on any atom is -0.312 e. The van der Waals surface area contributed by atoms with E-state index in [4.69, 9.17) is 0 Å².